The highest BCUT2D eigenvalue weighted by Gasteiger charge is 2.23. The molecule has 1 aromatic heterocycles. The van der Waals surface area contributed by atoms with Gasteiger partial charge in [0, 0.05) is 0 Å². The van der Waals surface area contributed by atoms with E-state index < -0.39 is 0 Å². The first-order chi connectivity index (χ1) is 9.25. The molecular formula is C14H14N2O2S. The Labute approximate surface area is 115 Å². The molecule has 0 saturated carbocycles. The van der Waals surface area contributed by atoms with Gasteiger partial charge < -0.3 is 15.4 Å². The Morgan fingerprint density at radius 1 is 1.37 bits per heavy atom. The molecule has 3 rings (SSSR count). The monoisotopic (exact) mass is 274 g/mol. The first-order valence-corrected chi connectivity index (χ1v) is 6.96. The molecule has 0 radical (unpaired) electrons. The van der Waals surface area contributed by atoms with E-state index in [0.717, 1.165) is 16.3 Å². The summed E-state index contributed by atoms with van der Waals surface area (Å²) < 4.78 is 5.58. The maximum Gasteiger partial charge on any atom is 0.191 e. The molecule has 1 aliphatic rings. The van der Waals surface area contributed by atoms with Crippen LogP contribution in [0.2, 0.25) is 0 Å². The van der Waals surface area contributed by atoms with Crippen LogP contribution < -0.4 is 15.4 Å². The number of hydrogen-bond acceptors (Lipinski definition) is 5. The van der Waals surface area contributed by atoms with Crippen molar-refractivity contribution in [1.82, 2.24) is 0 Å². The summed E-state index contributed by atoms with van der Waals surface area (Å²) in [6.45, 7) is 1.59. The van der Waals surface area contributed by atoms with Crippen LogP contribution in [0, 0.1) is 0 Å². The second-order valence-electron chi connectivity index (χ2n) is 4.36. The molecule has 0 unspecified atom stereocenters. The molecule has 0 bridgehead atoms. The molecule has 0 fully saturated rings. The van der Waals surface area contributed by atoms with E-state index in [-0.39, 0.29) is 5.78 Å². The van der Waals surface area contributed by atoms with Gasteiger partial charge in [0.1, 0.15) is 18.0 Å². The summed E-state index contributed by atoms with van der Waals surface area (Å²) in [7, 11) is 0. The number of nitrogen functional groups attached to an aromatic ring is 1. The highest BCUT2D eigenvalue weighted by atomic mass is 32.1. The lowest BCUT2D eigenvalue weighted by molar-refractivity contribution is 0.100. The maximum absolute atomic E-state index is 12.2. The summed E-state index contributed by atoms with van der Waals surface area (Å²) in [5, 5.41) is 1.91. The van der Waals surface area contributed by atoms with Crippen LogP contribution in [0.25, 0.3) is 0 Å². The van der Waals surface area contributed by atoms with E-state index in [1.165, 1.54) is 11.3 Å². The third kappa shape index (κ3) is 2.29. The molecule has 0 aliphatic carbocycles. The van der Waals surface area contributed by atoms with Crippen molar-refractivity contribution >= 4 is 28.5 Å². The topological polar surface area (TPSA) is 55.6 Å². The number of nitrogens with zero attached hydrogens (tertiary/aromatic N) is 1. The van der Waals surface area contributed by atoms with Crippen molar-refractivity contribution in [3.63, 3.8) is 0 Å². The summed E-state index contributed by atoms with van der Waals surface area (Å²) in [5.74, 6) is 0.872. The van der Waals surface area contributed by atoms with Crippen molar-refractivity contribution in [1.29, 1.82) is 0 Å². The molecule has 19 heavy (non-hydrogen) atoms. The number of ether oxygens (including phenoxy) is 1. The fourth-order valence-electron chi connectivity index (χ4n) is 2.22. The number of rotatable bonds is 3. The molecule has 2 heterocycles. The van der Waals surface area contributed by atoms with Crippen molar-refractivity contribution in [2.45, 2.75) is 0 Å². The van der Waals surface area contributed by atoms with Crippen LogP contribution in [0.1, 0.15) is 9.67 Å². The average molecular weight is 274 g/mol. The number of fused-ring (bicyclic) bond motifs is 1. The summed E-state index contributed by atoms with van der Waals surface area (Å²) in [6, 6.07) is 9.31. The van der Waals surface area contributed by atoms with E-state index in [0.29, 0.717) is 25.4 Å². The summed E-state index contributed by atoms with van der Waals surface area (Å²) >= 11 is 1.47. The molecule has 1 aliphatic heterocycles. The van der Waals surface area contributed by atoms with Gasteiger partial charge >= 0.3 is 0 Å². The lowest BCUT2D eigenvalue weighted by atomic mass is 10.2. The van der Waals surface area contributed by atoms with Gasteiger partial charge in [0.2, 0.25) is 0 Å². The van der Waals surface area contributed by atoms with Crippen LogP contribution in [-0.2, 0) is 0 Å². The van der Waals surface area contributed by atoms with Crippen LogP contribution >= 0.6 is 11.3 Å². The van der Waals surface area contributed by atoms with Gasteiger partial charge in [-0.25, -0.2) is 0 Å². The number of Topliss-reactive ketones (excluding diaryl/α,β-unsaturated/α-hetero) is 1. The Morgan fingerprint density at radius 3 is 3.05 bits per heavy atom. The predicted octanol–water partition coefficient (Wildman–Crippen LogP) is 2.41. The number of hydrogen-bond donors (Lipinski definition) is 1. The Hall–Kier alpha value is -2.01. The number of anilines is 2. The predicted molar refractivity (Wildman–Crippen MR) is 77.2 cm³/mol. The normalized spacial score (nSPS) is 13.8. The fourth-order valence-corrected chi connectivity index (χ4v) is 2.88. The van der Waals surface area contributed by atoms with Crippen LogP contribution in [0.3, 0.4) is 0 Å². The number of nitrogens with two attached hydrogens (primary N) is 1. The molecule has 0 atom stereocenters. The van der Waals surface area contributed by atoms with E-state index >= 15 is 0 Å². The minimum absolute atomic E-state index is 0.117. The van der Waals surface area contributed by atoms with Gasteiger partial charge in [-0.15, -0.1) is 11.3 Å². The highest BCUT2D eigenvalue weighted by molar-refractivity contribution is 7.12. The first-order valence-electron chi connectivity index (χ1n) is 6.08. The molecule has 2 N–H and O–H groups in total. The highest BCUT2D eigenvalue weighted by Crippen LogP contribution is 2.36. The zero-order valence-corrected chi connectivity index (χ0v) is 11.2. The van der Waals surface area contributed by atoms with Crippen LogP contribution in [0.4, 0.5) is 11.4 Å². The van der Waals surface area contributed by atoms with E-state index in [9.17, 15) is 4.79 Å². The molecular weight excluding hydrogens is 260 g/mol. The third-order valence-electron chi connectivity index (χ3n) is 3.10. The second kappa shape index (κ2) is 4.93. The Balaban J connectivity index is 1.86. The van der Waals surface area contributed by atoms with Crippen molar-refractivity contribution in [3.05, 3.63) is 40.6 Å². The number of para-hydroxylation sites is 1. The lowest BCUT2D eigenvalue weighted by Gasteiger charge is -2.31. The minimum atomic E-state index is 0.117. The first kappa shape index (κ1) is 12.0. The quantitative estimate of drug-likeness (QED) is 0.690. The van der Waals surface area contributed by atoms with Crippen molar-refractivity contribution in [2.24, 2.45) is 0 Å². The van der Waals surface area contributed by atoms with E-state index in [4.69, 9.17) is 10.5 Å². The fraction of sp³-hybridized carbons (Fsp3) is 0.214. The zero-order chi connectivity index (χ0) is 13.2. The SMILES string of the molecule is Nc1cccc2c1N(CC(=O)c1cccs1)CCO2. The molecule has 0 amide bonds. The van der Waals surface area contributed by atoms with Crippen molar-refractivity contribution < 1.29 is 9.53 Å². The van der Waals surface area contributed by atoms with Crippen LogP contribution in [-0.4, -0.2) is 25.5 Å². The summed E-state index contributed by atoms with van der Waals surface area (Å²) in [6.07, 6.45) is 0. The summed E-state index contributed by atoms with van der Waals surface area (Å²) in [4.78, 5) is 15.0. The molecule has 2 aromatic rings. The lowest BCUT2D eigenvalue weighted by Crippen LogP contribution is -2.37. The minimum Gasteiger partial charge on any atom is -0.489 e. The molecule has 5 heteroatoms. The van der Waals surface area contributed by atoms with Gasteiger partial charge in [-0.2, -0.15) is 0 Å². The Morgan fingerprint density at radius 2 is 2.26 bits per heavy atom. The van der Waals surface area contributed by atoms with Gasteiger partial charge in [0.25, 0.3) is 0 Å². The number of benzene rings is 1. The second-order valence-corrected chi connectivity index (χ2v) is 5.31. The molecule has 1 aromatic carbocycles. The van der Waals surface area contributed by atoms with Crippen LogP contribution in [0.5, 0.6) is 5.75 Å². The van der Waals surface area contributed by atoms with Crippen LogP contribution in [0.15, 0.2) is 35.7 Å². The average Bonchev–Trinajstić information content (AvgIpc) is 2.93. The number of ketones is 1. The smallest absolute Gasteiger partial charge is 0.191 e. The van der Waals surface area contributed by atoms with Gasteiger partial charge in [-0.3, -0.25) is 4.79 Å². The zero-order valence-electron chi connectivity index (χ0n) is 10.3. The van der Waals surface area contributed by atoms with E-state index in [1.54, 1.807) is 0 Å². The van der Waals surface area contributed by atoms with Crippen molar-refractivity contribution in [3.8, 4) is 5.75 Å². The maximum atomic E-state index is 12.2. The molecule has 4 nitrogen and oxygen atoms in total. The van der Waals surface area contributed by atoms with Gasteiger partial charge in [0.05, 0.1) is 23.7 Å². The summed E-state index contributed by atoms with van der Waals surface area (Å²) in [5.41, 5.74) is 7.48. The van der Waals surface area contributed by atoms with Crippen molar-refractivity contribution in [2.75, 3.05) is 30.3 Å². The molecule has 0 saturated heterocycles. The van der Waals surface area contributed by atoms with Gasteiger partial charge in [-0.1, -0.05) is 12.1 Å². The van der Waals surface area contributed by atoms with Gasteiger partial charge in [-0.05, 0) is 23.6 Å². The number of carbonyl (C=O) groups excluding carboxylic acids is 1. The number of carbonyl (C=O) groups is 1. The van der Waals surface area contributed by atoms with E-state index in [2.05, 4.69) is 0 Å². The largest absolute Gasteiger partial charge is 0.489 e. The third-order valence-corrected chi connectivity index (χ3v) is 4.01. The Kier molecular flexibility index (Phi) is 3.13. The van der Waals surface area contributed by atoms with Gasteiger partial charge in [0.15, 0.2) is 5.78 Å². The molecule has 98 valence electrons. The Bertz CT molecular complexity index is 595. The standard InChI is InChI=1S/C14H14N2O2S/c15-10-3-1-4-12-14(10)16(6-7-18-12)9-11(17)13-5-2-8-19-13/h1-5,8H,6-7,9,15H2. The van der Waals surface area contributed by atoms with E-state index in [1.807, 2.05) is 40.6 Å². The molecule has 0 spiro atoms. The number of thiophene rings is 1.